The minimum absolute atomic E-state index is 0.614. The van der Waals surface area contributed by atoms with Crippen molar-refractivity contribution in [2.24, 2.45) is 0 Å². The molecule has 2 heteroatoms. The molecule has 0 aliphatic carbocycles. The highest BCUT2D eigenvalue weighted by Gasteiger charge is 2.12. The van der Waals surface area contributed by atoms with Crippen LogP contribution >= 0.6 is 0 Å². The Kier molecular flexibility index (Phi) is 3.13. The van der Waals surface area contributed by atoms with E-state index in [0.29, 0.717) is 11.4 Å². The number of benzene rings is 3. The first kappa shape index (κ1) is 12.3. The number of rotatable bonds is 2. The van der Waals surface area contributed by atoms with E-state index >= 15 is 0 Å². The van der Waals surface area contributed by atoms with E-state index in [9.17, 15) is 0 Å². The number of anilines is 2. The van der Waals surface area contributed by atoms with Gasteiger partial charge in [-0.15, -0.1) is 0 Å². The summed E-state index contributed by atoms with van der Waals surface area (Å²) in [7, 11) is 0. The maximum atomic E-state index is 6.23. The molecule has 0 heterocycles. The van der Waals surface area contributed by atoms with Crippen LogP contribution in [0.3, 0.4) is 0 Å². The van der Waals surface area contributed by atoms with Gasteiger partial charge in [-0.05, 0) is 22.8 Å². The van der Waals surface area contributed by atoms with Crippen LogP contribution in [-0.2, 0) is 0 Å². The van der Waals surface area contributed by atoms with Gasteiger partial charge >= 0.3 is 0 Å². The molecular weight excluding hydrogens is 244 g/mol. The minimum Gasteiger partial charge on any atom is -0.397 e. The van der Waals surface area contributed by atoms with E-state index in [-0.39, 0.29) is 0 Å². The number of hydrogen-bond donors (Lipinski definition) is 2. The first-order chi connectivity index (χ1) is 9.77. The Hall–Kier alpha value is -2.74. The molecule has 98 valence electrons. The van der Waals surface area contributed by atoms with Crippen LogP contribution in [0.1, 0.15) is 0 Å². The Morgan fingerprint density at radius 1 is 0.550 bits per heavy atom. The van der Waals surface area contributed by atoms with Gasteiger partial charge in [0.2, 0.25) is 0 Å². The second kappa shape index (κ2) is 5.10. The molecule has 2 nitrogen and oxygen atoms in total. The van der Waals surface area contributed by atoms with Crippen LogP contribution in [0.15, 0.2) is 72.8 Å². The summed E-state index contributed by atoms with van der Waals surface area (Å²) in [6.07, 6.45) is 0. The maximum Gasteiger partial charge on any atom is 0.0633 e. The van der Waals surface area contributed by atoms with Crippen molar-refractivity contribution >= 4 is 11.4 Å². The molecule has 3 rings (SSSR count). The third-order valence-corrected chi connectivity index (χ3v) is 3.43. The van der Waals surface area contributed by atoms with Gasteiger partial charge in [0.05, 0.1) is 11.4 Å². The van der Waals surface area contributed by atoms with E-state index in [0.717, 1.165) is 22.3 Å². The van der Waals surface area contributed by atoms with Gasteiger partial charge in [-0.1, -0.05) is 66.7 Å². The highest BCUT2D eigenvalue weighted by atomic mass is 14.7. The van der Waals surface area contributed by atoms with E-state index < -0.39 is 0 Å². The van der Waals surface area contributed by atoms with E-state index in [1.165, 1.54) is 0 Å². The monoisotopic (exact) mass is 260 g/mol. The molecule has 0 amide bonds. The Morgan fingerprint density at radius 2 is 1.10 bits per heavy atom. The largest absolute Gasteiger partial charge is 0.397 e. The first-order valence-electron chi connectivity index (χ1n) is 6.56. The van der Waals surface area contributed by atoms with E-state index in [1.807, 2.05) is 48.5 Å². The molecule has 4 N–H and O–H groups in total. The maximum absolute atomic E-state index is 6.23. The first-order valence-corrected chi connectivity index (χ1v) is 6.56. The Labute approximate surface area is 118 Å². The van der Waals surface area contributed by atoms with Crippen molar-refractivity contribution in [3.8, 4) is 22.3 Å². The zero-order valence-corrected chi connectivity index (χ0v) is 11.1. The summed E-state index contributed by atoms with van der Waals surface area (Å²) in [6.45, 7) is 0. The average molecular weight is 260 g/mol. The summed E-state index contributed by atoms with van der Waals surface area (Å²) in [5, 5.41) is 0. The molecule has 3 aromatic rings. The van der Waals surface area contributed by atoms with Gasteiger partial charge < -0.3 is 11.5 Å². The van der Waals surface area contributed by atoms with E-state index in [2.05, 4.69) is 24.3 Å². The van der Waals surface area contributed by atoms with Gasteiger partial charge in [0.1, 0.15) is 0 Å². The number of nitrogens with two attached hydrogens (primary N) is 2. The second-order valence-electron chi connectivity index (χ2n) is 4.72. The lowest BCUT2D eigenvalue weighted by molar-refractivity contribution is 1.57. The third kappa shape index (κ3) is 2.12. The molecule has 0 bridgehead atoms. The van der Waals surface area contributed by atoms with Crippen molar-refractivity contribution in [2.45, 2.75) is 0 Å². The van der Waals surface area contributed by atoms with Crippen LogP contribution in [0.4, 0.5) is 11.4 Å². The lowest BCUT2D eigenvalue weighted by Gasteiger charge is -2.15. The summed E-state index contributed by atoms with van der Waals surface area (Å²) in [5.74, 6) is 0. The van der Waals surface area contributed by atoms with Crippen LogP contribution in [-0.4, -0.2) is 0 Å². The molecule has 0 spiro atoms. The van der Waals surface area contributed by atoms with Crippen LogP contribution in [0.25, 0.3) is 22.3 Å². The summed E-state index contributed by atoms with van der Waals surface area (Å²) in [4.78, 5) is 0. The molecule has 20 heavy (non-hydrogen) atoms. The van der Waals surface area contributed by atoms with Crippen molar-refractivity contribution < 1.29 is 0 Å². The fourth-order valence-electron chi connectivity index (χ4n) is 2.41. The fraction of sp³-hybridized carbons (Fsp3) is 0. The quantitative estimate of drug-likeness (QED) is 0.679. The SMILES string of the molecule is Nc1ccc(-c2ccccc2)c(-c2ccccc2)c1N. The van der Waals surface area contributed by atoms with Gasteiger partial charge in [-0.3, -0.25) is 0 Å². The smallest absolute Gasteiger partial charge is 0.0633 e. The van der Waals surface area contributed by atoms with E-state index in [4.69, 9.17) is 11.5 Å². The molecule has 0 saturated carbocycles. The van der Waals surface area contributed by atoms with Gasteiger partial charge in [0.25, 0.3) is 0 Å². The third-order valence-electron chi connectivity index (χ3n) is 3.43. The summed E-state index contributed by atoms with van der Waals surface area (Å²) in [5.41, 5.74) is 17.8. The predicted octanol–water partition coefficient (Wildman–Crippen LogP) is 4.19. The van der Waals surface area contributed by atoms with Crippen LogP contribution in [0.5, 0.6) is 0 Å². The highest BCUT2D eigenvalue weighted by Crippen LogP contribution is 2.39. The molecule has 0 aliphatic heterocycles. The second-order valence-corrected chi connectivity index (χ2v) is 4.72. The number of hydrogen-bond acceptors (Lipinski definition) is 2. The van der Waals surface area contributed by atoms with Crippen LogP contribution in [0.2, 0.25) is 0 Å². The van der Waals surface area contributed by atoms with E-state index in [1.54, 1.807) is 0 Å². The molecule has 0 aliphatic rings. The van der Waals surface area contributed by atoms with Crippen molar-refractivity contribution in [1.82, 2.24) is 0 Å². The fourth-order valence-corrected chi connectivity index (χ4v) is 2.41. The zero-order chi connectivity index (χ0) is 13.9. The standard InChI is InChI=1S/C18H16N2/c19-16-12-11-15(13-7-3-1-4-8-13)17(18(16)20)14-9-5-2-6-10-14/h1-12H,19-20H2. The molecule has 3 aromatic carbocycles. The van der Waals surface area contributed by atoms with Gasteiger partial charge in [-0.25, -0.2) is 0 Å². The Bertz CT molecular complexity index is 719. The Morgan fingerprint density at radius 3 is 1.70 bits per heavy atom. The van der Waals surface area contributed by atoms with Gasteiger partial charge in [-0.2, -0.15) is 0 Å². The molecule has 0 aromatic heterocycles. The minimum atomic E-state index is 0.614. The lowest BCUT2D eigenvalue weighted by atomic mass is 9.92. The predicted molar refractivity (Wildman–Crippen MR) is 86.1 cm³/mol. The van der Waals surface area contributed by atoms with Crippen molar-refractivity contribution in [1.29, 1.82) is 0 Å². The zero-order valence-electron chi connectivity index (χ0n) is 11.1. The average Bonchev–Trinajstić information content (AvgIpc) is 2.51. The summed E-state index contributed by atoms with van der Waals surface area (Å²) >= 11 is 0. The molecule has 0 saturated heterocycles. The van der Waals surface area contributed by atoms with Crippen LogP contribution in [0, 0.1) is 0 Å². The highest BCUT2D eigenvalue weighted by molar-refractivity contribution is 5.95. The molecule has 0 unspecified atom stereocenters. The molecule has 0 radical (unpaired) electrons. The summed E-state index contributed by atoms with van der Waals surface area (Å²) < 4.78 is 0. The molecule has 0 fully saturated rings. The van der Waals surface area contributed by atoms with Crippen molar-refractivity contribution in [2.75, 3.05) is 11.5 Å². The van der Waals surface area contributed by atoms with Gasteiger partial charge in [0.15, 0.2) is 0 Å². The van der Waals surface area contributed by atoms with Crippen molar-refractivity contribution in [3.05, 3.63) is 72.8 Å². The summed E-state index contributed by atoms with van der Waals surface area (Å²) in [6, 6.07) is 24.2. The lowest BCUT2D eigenvalue weighted by Crippen LogP contribution is -1.99. The Balaban J connectivity index is 2.29. The topological polar surface area (TPSA) is 52.0 Å². The van der Waals surface area contributed by atoms with Gasteiger partial charge in [0, 0.05) is 5.56 Å². The number of nitrogen functional groups attached to an aromatic ring is 2. The van der Waals surface area contributed by atoms with Crippen molar-refractivity contribution in [3.63, 3.8) is 0 Å². The molecule has 0 atom stereocenters. The molecular formula is C18H16N2. The van der Waals surface area contributed by atoms with Crippen LogP contribution < -0.4 is 11.5 Å². The normalized spacial score (nSPS) is 10.4.